The first-order valence-corrected chi connectivity index (χ1v) is 8.38. The number of nitrogens with one attached hydrogen (secondary N) is 1. The molecule has 2 bridgehead atoms. The lowest BCUT2D eigenvalue weighted by Gasteiger charge is -2.14. The van der Waals surface area contributed by atoms with Crippen molar-refractivity contribution in [2.75, 3.05) is 13.2 Å². The molecule has 0 unspecified atom stereocenters. The molecule has 3 heterocycles. The van der Waals surface area contributed by atoms with E-state index in [1.807, 2.05) is 12.3 Å². The van der Waals surface area contributed by atoms with E-state index in [-0.39, 0.29) is 5.82 Å². The van der Waals surface area contributed by atoms with Gasteiger partial charge >= 0.3 is 0 Å². The summed E-state index contributed by atoms with van der Waals surface area (Å²) in [7, 11) is 0. The summed E-state index contributed by atoms with van der Waals surface area (Å²) in [6, 6.07) is 6.62. The topological polar surface area (TPSA) is 51.5 Å². The summed E-state index contributed by atoms with van der Waals surface area (Å²) in [5.41, 5.74) is 4.27. The summed E-state index contributed by atoms with van der Waals surface area (Å²) >= 11 is 0. The normalized spacial score (nSPS) is 15.3. The highest BCUT2D eigenvalue weighted by Crippen LogP contribution is 2.23. The van der Waals surface area contributed by atoms with Crippen molar-refractivity contribution >= 4 is 11.3 Å². The first-order valence-electron chi connectivity index (χ1n) is 8.38. The molecule has 0 saturated heterocycles. The van der Waals surface area contributed by atoms with Crippen LogP contribution in [0.15, 0.2) is 43.2 Å². The number of nitrogens with zero attached hydrogens (tertiary/aromatic N) is 3. The number of aryl methyl sites for hydroxylation is 2. The van der Waals surface area contributed by atoms with Gasteiger partial charge in [0.15, 0.2) is 5.65 Å². The van der Waals surface area contributed by atoms with Crippen LogP contribution in [0, 0.1) is 5.82 Å². The van der Waals surface area contributed by atoms with E-state index in [1.54, 1.807) is 22.8 Å². The Kier molecular flexibility index (Phi) is 4.09. The minimum atomic E-state index is -0.247. The first kappa shape index (κ1) is 15.6. The molecule has 0 fully saturated rings. The van der Waals surface area contributed by atoms with Crippen molar-refractivity contribution in [1.29, 1.82) is 0 Å². The average Bonchev–Trinajstić information content (AvgIpc) is 3.03. The number of aromatic nitrogens is 3. The van der Waals surface area contributed by atoms with Crippen LogP contribution in [0.25, 0.3) is 11.3 Å². The number of halogens is 1. The third-order valence-electron chi connectivity index (χ3n) is 4.34. The van der Waals surface area contributed by atoms with E-state index < -0.39 is 0 Å². The van der Waals surface area contributed by atoms with Gasteiger partial charge in [0.2, 0.25) is 0 Å². The molecule has 1 aromatic carbocycles. The number of hydrogen-bond acceptors (Lipinski definition) is 4. The van der Waals surface area contributed by atoms with E-state index >= 15 is 0 Å². The van der Waals surface area contributed by atoms with Crippen molar-refractivity contribution in [3.63, 3.8) is 0 Å². The Balaban J connectivity index is 1.72. The maximum atomic E-state index is 13.6. The number of rotatable bonds is 0. The minimum Gasteiger partial charge on any atom is -0.493 e. The van der Waals surface area contributed by atoms with E-state index in [4.69, 9.17) is 9.72 Å². The molecule has 128 valence electrons. The number of benzene rings is 1. The second kappa shape index (κ2) is 6.55. The second-order valence-electron chi connectivity index (χ2n) is 6.10. The predicted octanol–water partition coefficient (Wildman–Crippen LogP) is 3.00. The van der Waals surface area contributed by atoms with E-state index in [0.717, 1.165) is 46.9 Å². The number of hydrogen-bond donors (Lipinski definition) is 1. The molecule has 0 radical (unpaired) electrons. The zero-order valence-corrected chi connectivity index (χ0v) is 13.8. The summed E-state index contributed by atoms with van der Waals surface area (Å²) in [4.78, 5) is 4.71. The molecule has 1 N–H and O–H groups in total. The zero-order valence-electron chi connectivity index (χ0n) is 13.8. The van der Waals surface area contributed by atoms with Crippen molar-refractivity contribution in [2.24, 2.45) is 0 Å². The van der Waals surface area contributed by atoms with E-state index in [0.29, 0.717) is 19.4 Å². The number of fused-ring (bicyclic) bond motifs is 2. The molecule has 3 aromatic rings. The highest BCUT2D eigenvalue weighted by atomic mass is 19.1. The molecule has 0 aliphatic carbocycles. The van der Waals surface area contributed by atoms with Gasteiger partial charge < -0.3 is 10.1 Å². The van der Waals surface area contributed by atoms with Gasteiger partial charge in [0.05, 0.1) is 18.4 Å². The van der Waals surface area contributed by atoms with Crippen LogP contribution >= 0.6 is 0 Å². The summed E-state index contributed by atoms with van der Waals surface area (Å²) in [5.74, 6) is 0.492. The Bertz CT molecular complexity index is 934. The van der Waals surface area contributed by atoms with Crippen LogP contribution in [-0.4, -0.2) is 27.7 Å². The van der Waals surface area contributed by atoms with Crippen molar-refractivity contribution in [3.8, 4) is 5.75 Å². The molecule has 0 spiro atoms. The van der Waals surface area contributed by atoms with Crippen LogP contribution in [0.2, 0.25) is 0 Å². The SMILES string of the molecule is C=C1NCCCOc2ccc(F)cc2CCc2ccn3ncc1c3n2. The van der Waals surface area contributed by atoms with Crippen LogP contribution < -0.4 is 10.1 Å². The standard InChI is InChI=1S/C19H19FN4O/c1-13-17-12-22-24-9-7-16(23-19(17)24)5-3-14-11-15(20)4-6-18(14)25-10-2-8-21-13/h4,6-7,9,11-12,21H,1-3,5,8,10H2. The Labute approximate surface area is 145 Å². The fourth-order valence-corrected chi connectivity index (χ4v) is 2.99. The summed E-state index contributed by atoms with van der Waals surface area (Å²) in [6.45, 7) is 5.38. The Morgan fingerprint density at radius 2 is 2.16 bits per heavy atom. The van der Waals surface area contributed by atoms with Crippen molar-refractivity contribution < 1.29 is 9.13 Å². The second-order valence-corrected chi connectivity index (χ2v) is 6.10. The predicted molar refractivity (Wildman–Crippen MR) is 93.9 cm³/mol. The lowest BCUT2D eigenvalue weighted by Crippen LogP contribution is -2.16. The van der Waals surface area contributed by atoms with Gasteiger partial charge in [-0.15, -0.1) is 0 Å². The molecule has 5 nitrogen and oxygen atoms in total. The van der Waals surface area contributed by atoms with Crippen LogP contribution in [0.3, 0.4) is 0 Å². The van der Waals surface area contributed by atoms with Gasteiger partial charge in [-0.3, -0.25) is 0 Å². The van der Waals surface area contributed by atoms with Gasteiger partial charge in [-0.1, -0.05) is 6.58 Å². The van der Waals surface area contributed by atoms with Crippen LogP contribution in [0.4, 0.5) is 4.39 Å². The smallest absolute Gasteiger partial charge is 0.164 e. The summed E-state index contributed by atoms with van der Waals surface area (Å²) < 4.78 is 21.2. The van der Waals surface area contributed by atoms with Crippen molar-refractivity contribution in [2.45, 2.75) is 19.3 Å². The molecule has 1 aliphatic heterocycles. The molecule has 2 aromatic heterocycles. The molecule has 0 atom stereocenters. The first-order chi connectivity index (χ1) is 12.2. The highest BCUT2D eigenvalue weighted by molar-refractivity contribution is 5.72. The summed E-state index contributed by atoms with van der Waals surface area (Å²) in [5, 5.41) is 7.63. The zero-order chi connectivity index (χ0) is 17.2. The lowest BCUT2D eigenvalue weighted by atomic mass is 10.1. The Morgan fingerprint density at radius 1 is 1.24 bits per heavy atom. The maximum Gasteiger partial charge on any atom is 0.164 e. The molecular formula is C19H19FN4O. The minimum absolute atomic E-state index is 0.247. The molecule has 0 saturated carbocycles. The fraction of sp³-hybridized carbons (Fsp3) is 0.263. The van der Waals surface area contributed by atoms with Gasteiger partial charge in [0.1, 0.15) is 11.6 Å². The van der Waals surface area contributed by atoms with Crippen LogP contribution in [0.5, 0.6) is 5.75 Å². The summed E-state index contributed by atoms with van der Waals surface area (Å²) in [6.07, 6.45) is 5.84. The van der Waals surface area contributed by atoms with E-state index in [1.165, 1.54) is 6.07 Å². The molecule has 25 heavy (non-hydrogen) atoms. The third kappa shape index (κ3) is 3.20. The monoisotopic (exact) mass is 338 g/mol. The third-order valence-corrected chi connectivity index (χ3v) is 4.34. The van der Waals surface area contributed by atoms with Crippen molar-refractivity contribution in [3.05, 3.63) is 65.9 Å². The Hall–Kier alpha value is -2.89. The van der Waals surface area contributed by atoms with Gasteiger partial charge in [-0.05, 0) is 49.1 Å². The largest absolute Gasteiger partial charge is 0.493 e. The molecule has 1 aliphatic rings. The van der Waals surface area contributed by atoms with Gasteiger partial charge in [0.25, 0.3) is 0 Å². The van der Waals surface area contributed by atoms with Crippen LogP contribution in [-0.2, 0) is 12.8 Å². The molecule has 4 rings (SSSR count). The van der Waals surface area contributed by atoms with Gasteiger partial charge in [-0.2, -0.15) is 5.10 Å². The molecular weight excluding hydrogens is 319 g/mol. The average molecular weight is 338 g/mol. The quantitative estimate of drug-likeness (QED) is 0.685. The van der Waals surface area contributed by atoms with Crippen LogP contribution in [0.1, 0.15) is 23.2 Å². The molecule has 6 heteroatoms. The number of ether oxygens (including phenoxy) is 1. The van der Waals surface area contributed by atoms with Crippen molar-refractivity contribution in [1.82, 2.24) is 19.9 Å². The highest BCUT2D eigenvalue weighted by Gasteiger charge is 2.12. The van der Waals surface area contributed by atoms with E-state index in [9.17, 15) is 4.39 Å². The maximum absolute atomic E-state index is 13.6. The Morgan fingerprint density at radius 3 is 3.08 bits per heavy atom. The van der Waals surface area contributed by atoms with Gasteiger partial charge in [0, 0.05) is 24.1 Å². The fourth-order valence-electron chi connectivity index (χ4n) is 2.99. The molecule has 0 amide bonds. The van der Waals surface area contributed by atoms with Gasteiger partial charge in [-0.25, -0.2) is 13.9 Å². The van der Waals surface area contributed by atoms with E-state index in [2.05, 4.69) is 17.0 Å². The lowest BCUT2D eigenvalue weighted by molar-refractivity contribution is 0.307.